The summed E-state index contributed by atoms with van der Waals surface area (Å²) in [5.74, 6) is 3.60. The summed E-state index contributed by atoms with van der Waals surface area (Å²) >= 11 is 0. The van der Waals surface area contributed by atoms with Gasteiger partial charge in [0.2, 0.25) is 0 Å². The number of hydrogen-bond acceptors (Lipinski definition) is 4. The van der Waals surface area contributed by atoms with Gasteiger partial charge in [0.25, 0.3) is 0 Å². The average molecular weight is 391 g/mol. The standard InChI is InChI=1S/C24H38O4/c1-4-28-22(25)13-17-6-8-21-20-7-5-16-14-24(26,15-27-3)12-10-18(16)19(20)9-11-23(17,21)2/h13,16,18-21,26H,4-12,14-15H2,1-3H3/b17-13+/t16-,18+,19-,20-,21+,23?,24-/m1/s1. The van der Waals surface area contributed by atoms with Crippen molar-refractivity contribution in [2.45, 2.75) is 77.2 Å². The summed E-state index contributed by atoms with van der Waals surface area (Å²) in [4.78, 5) is 12.1. The molecule has 4 rings (SSSR count). The van der Waals surface area contributed by atoms with Gasteiger partial charge in [-0.2, -0.15) is 0 Å². The van der Waals surface area contributed by atoms with Crippen molar-refractivity contribution in [2.24, 2.45) is 35.0 Å². The molecule has 0 saturated heterocycles. The largest absolute Gasteiger partial charge is 0.463 e. The van der Waals surface area contributed by atoms with Gasteiger partial charge >= 0.3 is 5.97 Å². The quantitative estimate of drug-likeness (QED) is 0.567. The number of carbonyl (C=O) groups excluding carboxylic acids is 1. The molecule has 158 valence electrons. The Morgan fingerprint density at radius 2 is 1.93 bits per heavy atom. The number of carbonyl (C=O) groups is 1. The molecule has 1 unspecified atom stereocenters. The third-order valence-corrected chi connectivity index (χ3v) is 8.94. The predicted octanol–water partition coefficient (Wildman–Crippen LogP) is 4.51. The maximum Gasteiger partial charge on any atom is 0.330 e. The van der Waals surface area contributed by atoms with Crippen molar-refractivity contribution in [3.63, 3.8) is 0 Å². The van der Waals surface area contributed by atoms with Crippen molar-refractivity contribution in [3.8, 4) is 0 Å². The minimum absolute atomic E-state index is 0.157. The molecule has 0 radical (unpaired) electrons. The summed E-state index contributed by atoms with van der Waals surface area (Å²) in [6.45, 7) is 5.21. The molecule has 0 aromatic carbocycles. The van der Waals surface area contributed by atoms with E-state index in [0.717, 1.165) is 43.4 Å². The van der Waals surface area contributed by atoms with Crippen LogP contribution in [0.15, 0.2) is 11.6 Å². The van der Waals surface area contributed by atoms with Gasteiger partial charge in [0.05, 0.1) is 18.8 Å². The summed E-state index contributed by atoms with van der Waals surface area (Å²) in [5, 5.41) is 10.9. The van der Waals surface area contributed by atoms with Crippen LogP contribution >= 0.6 is 0 Å². The molecule has 0 aliphatic heterocycles. The minimum atomic E-state index is -0.602. The van der Waals surface area contributed by atoms with E-state index in [-0.39, 0.29) is 11.4 Å². The first-order valence-corrected chi connectivity index (χ1v) is 11.5. The van der Waals surface area contributed by atoms with Gasteiger partial charge in [-0.3, -0.25) is 0 Å². The molecule has 0 spiro atoms. The van der Waals surface area contributed by atoms with Gasteiger partial charge in [-0.05, 0) is 99.7 Å². The summed E-state index contributed by atoms with van der Waals surface area (Å²) in [6, 6.07) is 0. The molecule has 28 heavy (non-hydrogen) atoms. The maximum absolute atomic E-state index is 12.1. The number of aliphatic hydroxyl groups is 1. The summed E-state index contributed by atoms with van der Waals surface area (Å²) in [6.07, 6.45) is 12.1. The summed E-state index contributed by atoms with van der Waals surface area (Å²) in [5.41, 5.74) is 0.927. The van der Waals surface area contributed by atoms with Crippen LogP contribution in [0.1, 0.15) is 71.6 Å². The van der Waals surface area contributed by atoms with Crippen LogP contribution in [0.5, 0.6) is 0 Å². The monoisotopic (exact) mass is 390 g/mol. The van der Waals surface area contributed by atoms with Crippen molar-refractivity contribution in [1.29, 1.82) is 0 Å². The van der Waals surface area contributed by atoms with Crippen LogP contribution in [-0.4, -0.2) is 37.0 Å². The van der Waals surface area contributed by atoms with Crippen LogP contribution in [0.25, 0.3) is 0 Å². The van der Waals surface area contributed by atoms with E-state index in [1.54, 1.807) is 7.11 Å². The molecule has 4 saturated carbocycles. The molecule has 4 fully saturated rings. The van der Waals surface area contributed by atoms with E-state index in [4.69, 9.17) is 9.47 Å². The number of esters is 1. The predicted molar refractivity (Wildman–Crippen MR) is 109 cm³/mol. The fourth-order valence-electron chi connectivity index (χ4n) is 7.77. The van der Waals surface area contributed by atoms with Crippen molar-refractivity contribution in [3.05, 3.63) is 11.6 Å². The van der Waals surface area contributed by atoms with Gasteiger partial charge in [0.1, 0.15) is 0 Å². The van der Waals surface area contributed by atoms with Crippen molar-refractivity contribution in [2.75, 3.05) is 20.3 Å². The highest BCUT2D eigenvalue weighted by molar-refractivity contribution is 5.83. The highest BCUT2D eigenvalue weighted by Crippen LogP contribution is 2.64. The second-order valence-corrected chi connectivity index (χ2v) is 10.3. The number of hydrogen-bond donors (Lipinski definition) is 1. The molecule has 0 aromatic rings. The second kappa shape index (κ2) is 7.75. The first kappa shape index (κ1) is 20.4. The highest BCUT2D eigenvalue weighted by Gasteiger charge is 2.56. The van der Waals surface area contributed by atoms with Gasteiger partial charge in [-0.1, -0.05) is 12.5 Å². The highest BCUT2D eigenvalue weighted by atomic mass is 16.5. The fourth-order valence-corrected chi connectivity index (χ4v) is 7.77. The molecule has 4 aliphatic rings. The maximum atomic E-state index is 12.1. The van der Waals surface area contributed by atoms with Gasteiger partial charge < -0.3 is 14.6 Å². The molecular formula is C24H38O4. The lowest BCUT2D eigenvalue weighted by Gasteiger charge is -2.56. The van der Waals surface area contributed by atoms with E-state index in [0.29, 0.717) is 25.0 Å². The zero-order chi connectivity index (χ0) is 19.9. The number of methoxy groups -OCH3 is 1. The van der Waals surface area contributed by atoms with Gasteiger partial charge in [-0.25, -0.2) is 4.79 Å². The third-order valence-electron chi connectivity index (χ3n) is 8.94. The van der Waals surface area contributed by atoms with Gasteiger partial charge in [0, 0.05) is 13.2 Å². The Morgan fingerprint density at radius 1 is 1.14 bits per heavy atom. The molecule has 0 aromatic heterocycles. The Bertz CT molecular complexity index is 628. The van der Waals surface area contributed by atoms with Crippen molar-refractivity contribution < 1.29 is 19.4 Å². The molecular weight excluding hydrogens is 352 g/mol. The zero-order valence-corrected chi connectivity index (χ0v) is 17.9. The fraction of sp³-hybridized carbons (Fsp3) is 0.875. The van der Waals surface area contributed by atoms with Gasteiger partial charge in [0.15, 0.2) is 0 Å². The van der Waals surface area contributed by atoms with Crippen molar-refractivity contribution >= 4 is 5.97 Å². The van der Waals surface area contributed by atoms with Crippen LogP contribution in [0.4, 0.5) is 0 Å². The first-order chi connectivity index (χ1) is 13.4. The Hall–Kier alpha value is -0.870. The molecule has 7 atom stereocenters. The van der Waals surface area contributed by atoms with Gasteiger partial charge in [-0.15, -0.1) is 0 Å². The molecule has 4 nitrogen and oxygen atoms in total. The smallest absolute Gasteiger partial charge is 0.330 e. The number of ether oxygens (including phenoxy) is 2. The SMILES string of the molecule is CCOC(=O)/C=C1\CC[C@H]2[C@@H]3CC[C@@H]4C[C@@](O)(COC)CC[C@@H]4[C@H]3CCC12C. The topological polar surface area (TPSA) is 55.8 Å². The van der Waals surface area contributed by atoms with Crippen LogP contribution in [-0.2, 0) is 14.3 Å². The van der Waals surface area contributed by atoms with Crippen LogP contribution in [0, 0.1) is 35.0 Å². The Labute approximate surface area is 170 Å². The molecule has 1 N–H and O–H groups in total. The first-order valence-electron chi connectivity index (χ1n) is 11.5. The van der Waals surface area contributed by atoms with E-state index in [1.807, 2.05) is 13.0 Å². The van der Waals surface area contributed by atoms with E-state index < -0.39 is 5.60 Å². The lowest BCUT2D eigenvalue weighted by atomic mass is 9.49. The van der Waals surface area contributed by atoms with E-state index in [1.165, 1.54) is 37.7 Å². The van der Waals surface area contributed by atoms with Crippen LogP contribution in [0.2, 0.25) is 0 Å². The molecule has 4 heteroatoms. The lowest BCUT2D eigenvalue weighted by Crippen LogP contribution is -2.51. The van der Waals surface area contributed by atoms with E-state index in [2.05, 4.69) is 6.92 Å². The normalized spacial score (nSPS) is 46.6. The number of fused-ring (bicyclic) bond motifs is 5. The number of allylic oxidation sites excluding steroid dienone is 1. The zero-order valence-electron chi connectivity index (χ0n) is 17.9. The van der Waals surface area contributed by atoms with E-state index in [9.17, 15) is 9.90 Å². The summed E-state index contributed by atoms with van der Waals surface area (Å²) in [7, 11) is 1.70. The molecule has 0 heterocycles. The lowest BCUT2D eigenvalue weighted by molar-refractivity contribution is -0.137. The minimum Gasteiger partial charge on any atom is -0.463 e. The molecule has 0 amide bonds. The Kier molecular flexibility index (Phi) is 5.65. The number of rotatable bonds is 4. The Morgan fingerprint density at radius 3 is 2.68 bits per heavy atom. The van der Waals surface area contributed by atoms with Crippen molar-refractivity contribution in [1.82, 2.24) is 0 Å². The molecule has 0 bridgehead atoms. The Balaban J connectivity index is 1.49. The molecule has 4 aliphatic carbocycles. The van der Waals surface area contributed by atoms with Crippen LogP contribution in [0.3, 0.4) is 0 Å². The third kappa shape index (κ3) is 3.45. The van der Waals surface area contributed by atoms with E-state index >= 15 is 0 Å². The average Bonchev–Trinajstić information content (AvgIpc) is 2.98. The van der Waals surface area contributed by atoms with Crippen LogP contribution < -0.4 is 0 Å². The summed E-state index contributed by atoms with van der Waals surface area (Å²) < 4.78 is 10.5. The second-order valence-electron chi connectivity index (χ2n) is 10.3.